The lowest BCUT2D eigenvalue weighted by Crippen LogP contribution is -2.42. The fourth-order valence-corrected chi connectivity index (χ4v) is 2.95. The van der Waals surface area contributed by atoms with Crippen LogP contribution in [0.1, 0.15) is 34.9 Å². The van der Waals surface area contributed by atoms with Gasteiger partial charge in [0.25, 0.3) is 0 Å². The van der Waals surface area contributed by atoms with E-state index >= 15 is 0 Å². The van der Waals surface area contributed by atoms with Crippen LogP contribution in [-0.2, 0) is 9.53 Å². The van der Waals surface area contributed by atoms with Crippen LogP contribution < -0.4 is 0 Å². The largest absolute Gasteiger partial charge is 0.370 e. The van der Waals surface area contributed by atoms with Crippen LogP contribution in [0.15, 0.2) is 54.6 Å². The van der Waals surface area contributed by atoms with Gasteiger partial charge in [0.05, 0.1) is 13.2 Å². The molecule has 130 valence electrons. The summed E-state index contributed by atoms with van der Waals surface area (Å²) in [6, 6.07) is 15.4. The molecule has 1 aliphatic rings. The Labute approximate surface area is 146 Å². The highest BCUT2D eigenvalue weighted by atomic mass is 19.1. The topological polar surface area (TPSA) is 46.6 Å². The number of ketones is 1. The summed E-state index contributed by atoms with van der Waals surface area (Å²) in [6.45, 7) is 1.12. The van der Waals surface area contributed by atoms with Gasteiger partial charge in [-0.2, -0.15) is 0 Å². The molecule has 0 saturated carbocycles. The maximum atomic E-state index is 13.9. The lowest BCUT2D eigenvalue weighted by Gasteiger charge is -2.33. The van der Waals surface area contributed by atoms with Crippen LogP contribution in [0.5, 0.6) is 0 Å². The maximum Gasteiger partial charge on any atom is 0.223 e. The van der Waals surface area contributed by atoms with E-state index in [0.29, 0.717) is 30.8 Å². The Morgan fingerprint density at radius 3 is 2.52 bits per heavy atom. The van der Waals surface area contributed by atoms with Crippen molar-refractivity contribution in [3.63, 3.8) is 0 Å². The third kappa shape index (κ3) is 4.31. The van der Waals surface area contributed by atoms with Crippen LogP contribution in [0.3, 0.4) is 0 Å². The predicted octanol–water partition coefficient (Wildman–Crippen LogP) is 3.39. The third-order valence-corrected chi connectivity index (χ3v) is 4.33. The summed E-state index contributed by atoms with van der Waals surface area (Å²) in [5, 5.41) is 0. The fourth-order valence-electron chi connectivity index (χ4n) is 2.95. The number of hydrogen-bond acceptors (Lipinski definition) is 3. The number of morpholine rings is 1. The number of ether oxygens (including phenoxy) is 1. The van der Waals surface area contributed by atoms with Crippen molar-refractivity contribution in [1.82, 2.24) is 4.90 Å². The lowest BCUT2D eigenvalue weighted by atomic mass is 10.0. The molecule has 0 aliphatic carbocycles. The smallest absolute Gasteiger partial charge is 0.223 e. The van der Waals surface area contributed by atoms with Gasteiger partial charge >= 0.3 is 0 Å². The molecular weight excluding hydrogens is 321 g/mol. The van der Waals surface area contributed by atoms with Gasteiger partial charge in [-0.3, -0.25) is 9.59 Å². The number of carbonyl (C=O) groups is 2. The molecule has 25 heavy (non-hydrogen) atoms. The first-order valence-electron chi connectivity index (χ1n) is 8.37. The quantitative estimate of drug-likeness (QED) is 0.783. The molecule has 3 rings (SSSR count). The zero-order chi connectivity index (χ0) is 17.6. The van der Waals surface area contributed by atoms with Crippen molar-refractivity contribution in [3.8, 4) is 0 Å². The van der Waals surface area contributed by atoms with Crippen molar-refractivity contribution in [1.29, 1.82) is 0 Å². The second-order valence-corrected chi connectivity index (χ2v) is 6.01. The Morgan fingerprint density at radius 2 is 1.76 bits per heavy atom. The molecule has 5 heteroatoms. The second-order valence-electron chi connectivity index (χ2n) is 6.01. The van der Waals surface area contributed by atoms with Crippen LogP contribution >= 0.6 is 0 Å². The molecule has 1 unspecified atom stereocenters. The van der Waals surface area contributed by atoms with Gasteiger partial charge in [-0.05, 0) is 6.07 Å². The Bertz CT molecular complexity index is 748. The summed E-state index contributed by atoms with van der Waals surface area (Å²) >= 11 is 0. The molecular formula is C20H20FNO3. The van der Waals surface area contributed by atoms with Crippen molar-refractivity contribution >= 4 is 11.7 Å². The average molecular weight is 341 g/mol. The van der Waals surface area contributed by atoms with Crippen molar-refractivity contribution in [2.24, 2.45) is 0 Å². The van der Waals surface area contributed by atoms with E-state index < -0.39 is 6.10 Å². The van der Waals surface area contributed by atoms with E-state index in [9.17, 15) is 14.0 Å². The highest BCUT2D eigenvalue weighted by Crippen LogP contribution is 2.25. The molecule has 1 saturated heterocycles. The number of rotatable bonds is 5. The number of amides is 1. The standard InChI is InChI=1S/C20H20FNO3/c21-17-9-5-4-8-16(17)19-14-22(12-13-25-19)20(24)11-10-18(23)15-6-2-1-3-7-15/h1-9,19H,10-14H2. The summed E-state index contributed by atoms with van der Waals surface area (Å²) in [6.07, 6.45) is -0.147. The molecule has 0 bridgehead atoms. The van der Waals surface area contributed by atoms with Crippen molar-refractivity contribution in [2.45, 2.75) is 18.9 Å². The third-order valence-electron chi connectivity index (χ3n) is 4.33. The first-order valence-corrected chi connectivity index (χ1v) is 8.37. The van der Waals surface area contributed by atoms with Gasteiger partial charge in [0.1, 0.15) is 11.9 Å². The molecule has 0 spiro atoms. The van der Waals surface area contributed by atoms with E-state index in [2.05, 4.69) is 0 Å². The number of nitrogens with zero attached hydrogens (tertiary/aromatic N) is 1. The highest BCUT2D eigenvalue weighted by molar-refractivity contribution is 5.97. The van der Waals surface area contributed by atoms with Gasteiger partial charge in [-0.25, -0.2) is 4.39 Å². The summed E-state index contributed by atoms with van der Waals surface area (Å²) in [4.78, 5) is 26.2. The average Bonchev–Trinajstić information content (AvgIpc) is 2.67. The van der Waals surface area contributed by atoms with Crippen LogP contribution in [0.2, 0.25) is 0 Å². The highest BCUT2D eigenvalue weighted by Gasteiger charge is 2.27. The Balaban J connectivity index is 1.57. The maximum absolute atomic E-state index is 13.9. The Hall–Kier alpha value is -2.53. The number of benzene rings is 2. The Morgan fingerprint density at radius 1 is 1.04 bits per heavy atom. The van der Waals surface area contributed by atoms with E-state index in [1.165, 1.54) is 6.07 Å². The zero-order valence-electron chi connectivity index (χ0n) is 13.9. The number of carbonyl (C=O) groups excluding carboxylic acids is 2. The summed E-state index contributed by atoms with van der Waals surface area (Å²) < 4.78 is 19.5. The van der Waals surface area contributed by atoms with Gasteiger partial charge < -0.3 is 9.64 Å². The molecule has 0 aromatic heterocycles. The number of hydrogen-bond donors (Lipinski definition) is 0. The number of Topliss-reactive ketones (excluding diaryl/α,β-unsaturated/α-hetero) is 1. The molecule has 1 amide bonds. The van der Waals surface area contributed by atoms with Crippen LogP contribution in [0.4, 0.5) is 4.39 Å². The van der Waals surface area contributed by atoms with Crippen LogP contribution in [0, 0.1) is 5.82 Å². The van der Waals surface area contributed by atoms with E-state index in [-0.39, 0.29) is 30.3 Å². The molecule has 1 heterocycles. The number of halogens is 1. The van der Waals surface area contributed by atoms with Crippen molar-refractivity contribution in [3.05, 3.63) is 71.5 Å². The van der Waals surface area contributed by atoms with Gasteiger partial charge in [0, 0.05) is 30.5 Å². The fraction of sp³-hybridized carbons (Fsp3) is 0.300. The van der Waals surface area contributed by atoms with E-state index in [1.807, 2.05) is 6.07 Å². The molecule has 0 N–H and O–H groups in total. The van der Waals surface area contributed by atoms with Gasteiger partial charge in [-0.15, -0.1) is 0 Å². The van der Waals surface area contributed by atoms with Gasteiger partial charge in [0.15, 0.2) is 5.78 Å². The molecule has 2 aromatic carbocycles. The molecule has 4 nitrogen and oxygen atoms in total. The van der Waals surface area contributed by atoms with Crippen LogP contribution in [-0.4, -0.2) is 36.3 Å². The molecule has 1 fully saturated rings. The van der Waals surface area contributed by atoms with Gasteiger partial charge in [0.2, 0.25) is 5.91 Å². The Kier molecular flexibility index (Phi) is 5.56. The lowest BCUT2D eigenvalue weighted by molar-refractivity contribution is -0.139. The van der Waals surface area contributed by atoms with Crippen LogP contribution in [0.25, 0.3) is 0 Å². The summed E-state index contributed by atoms with van der Waals surface area (Å²) in [5.41, 5.74) is 1.07. The molecule has 2 aromatic rings. The van der Waals surface area contributed by atoms with E-state index in [1.54, 1.807) is 47.4 Å². The SMILES string of the molecule is O=C(CCC(=O)N1CCOC(c2ccccc2F)C1)c1ccccc1. The molecule has 1 atom stereocenters. The van der Waals surface area contributed by atoms with Crippen molar-refractivity contribution < 1.29 is 18.7 Å². The minimum Gasteiger partial charge on any atom is -0.370 e. The minimum absolute atomic E-state index is 0.0483. The van der Waals surface area contributed by atoms with E-state index in [4.69, 9.17) is 4.74 Å². The van der Waals surface area contributed by atoms with E-state index in [0.717, 1.165) is 0 Å². The molecule has 0 radical (unpaired) electrons. The van der Waals surface area contributed by atoms with Crippen molar-refractivity contribution in [2.75, 3.05) is 19.7 Å². The summed E-state index contributed by atoms with van der Waals surface area (Å²) in [5.74, 6) is -0.483. The minimum atomic E-state index is -0.469. The predicted molar refractivity (Wildman–Crippen MR) is 91.7 cm³/mol. The molecule has 1 aliphatic heterocycles. The normalized spacial score (nSPS) is 17.3. The monoisotopic (exact) mass is 341 g/mol. The first-order chi connectivity index (χ1) is 12.1. The zero-order valence-corrected chi connectivity index (χ0v) is 13.9. The second kappa shape index (κ2) is 8.03. The first kappa shape index (κ1) is 17.3. The van der Waals surface area contributed by atoms with Gasteiger partial charge in [-0.1, -0.05) is 48.5 Å². The summed E-state index contributed by atoms with van der Waals surface area (Å²) in [7, 11) is 0.